The van der Waals surface area contributed by atoms with E-state index in [9.17, 15) is 4.79 Å². The van der Waals surface area contributed by atoms with Crippen molar-refractivity contribution in [1.82, 2.24) is 14.9 Å². The maximum Gasteiger partial charge on any atom is 0.230 e. The fourth-order valence-electron chi connectivity index (χ4n) is 2.42. The van der Waals surface area contributed by atoms with Crippen molar-refractivity contribution in [3.05, 3.63) is 72.1 Å². The van der Waals surface area contributed by atoms with Gasteiger partial charge in [0.15, 0.2) is 5.16 Å². The van der Waals surface area contributed by atoms with Crippen LogP contribution in [0.2, 0.25) is 0 Å². The van der Waals surface area contributed by atoms with E-state index in [-0.39, 0.29) is 5.91 Å². The predicted octanol–water partition coefficient (Wildman–Crippen LogP) is 3.60. The van der Waals surface area contributed by atoms with E-state index in [1.807, 2.05) is 66.2 Å². The number of rotatable bonds is 7. The molecule has 0 aliphatic rings. The Morgan fingerprint density at radius 2 is 1.88 bits per heavy atom. The predicted molar refractivity (Wildman–Crippen MR) is 104 cm³/mol. The van der Waals surface area contributed by atoms with Crippen LogP contribution in [0.25, 0.3) is 5.69 Å². The largest absolute Gasteiger partial charge is 0.497 e. The molecule has 0 bridgehead atoms. The highest BCUT2D eigenvalue weighted by Crippen LogP contribution is 2.22. The van der Waals surface area contributed by atoms with Crippen LogP contribution in [0.5, 0.6) is 5.75 Å². The van der Waals surface area contributed by atoms with Crippen LogP contribution in [-0.4, -0.2) is 28.3 Å². The van der Waals surface area contributed by atoms with Gasteiger partial charge in [0, 0.05) is 24.6 Å². The van der Waals surface area contributed by atoms with Crippen LogP contribution in [0, 0.1) is 6.92 Å². The molecule has 2 aromatic carbocycles. The standard InChI is InChI=1S/C20H21N3O2S/c1-15-3-5-16(6-4-15)13-22-19(24)14-26-20-21-11-12-23(20)17-7-9-18(25-2)10-8-17/h3-12H,13-14H2,1-2H3,(H,22,24). The summed E-state index contributed by atoms with van der Waals surface area (Å²) in [5, 5.41) is 3.72. The van der Waals surface area contributed by atoms with Crippen LogP contribution in [-0.2, 0) is 11.3 Å². The monoisotopic (exact) mass is 367 g/mol. The molecular formula is C20H21N3O2S. The zero-order valence-electron chi connectivity index (χ0n) is 14.8. The fraction of sp³-hybridized carbons (Fsp3) is 0.200. The van der Waals surface area contributed by atoms with Crippen molar-refractivity contribution in [3.63, 3.8) is 0 Å². The lowest BCUT2D eigenvalue weighted by atomic mass is 10.1. The molecule has 3 rings (SSSR count). The molecule has 0 spiro atoms. The normalized spacial score (nSPS) is 10.5. The van der Waals surface area contributed by atoms with Crippen molar-refractivity contribution >= 4 is 17.7 Å². The number of hydrogen-bond acceptors (Lipinski definition) is 4. The van der Waals surface area contributed by atoms with Crippen molar-refractivity contribution < 1.29 is 9.53 Å². The molecule has 26 heavy (non-hydrogen) atoms. The van der Waals surface area contributed by atoms with Gasteiger partial charge in [0.25, 0.3) is 0 Å². The third-order valence-electron chi connectivity index (χ3n) is 3.90. The summed E-state index contributed by atoms with van der Waals surface area (Å²) in [6.07, 6.45) is 3.62. The van der Waals surface area contributed by atoms with Gasteiger partial charge in [-0.25, -0.2) is 4.98 Å². The third-order valence-corrected chi connectivity index (χ3v) is 4.87. The lowest BCUT2D eigenvalue weighted by molar-refractivity contribution is -0.118. The average Bonchev–Trinajstić information content (AvgIpc) is 3.14. The first-order valence-corrected chi connectivity index (χ1v) is 9.27. The molecule has 1 aromatic heterocycles. The number of imidazole rings is 1. The first-order valence-electron chi connectivity index (χ1n) is 8.28. The Labute approximate surface area is 157 Å². The second-order valence-electron chi connectivity index (χ2n) is 5.83. The van der Waals surface area contributed by atoms with Gasteiger partial charge >= 0.3 is 0 Å². The molecule has 1 N–H and O–H groups in total. The Hall–Kier alpha value is -2.73. The molecule has 0 radical (unpaired) electrons. The van der Waals surface area contributed by atoms with Gasteiger partial charge in [-0.05, 0) is 36.8 Å². The van der Waals surface area contributed by atoms with Crippen LogP contribution >= 0.6 is 11.8 Å². The lowest BCUT2D eigenvalue weighted by Gasteiger charge is -2.09. The number of benzene rings is 2. The zero-order chi connectivity index (χ0) is 18.4. The highest BCUT2D eigenvalue weighted by molar-refractivity contribution is 7.99. The molecule has 1 heterocycles. The minimum atomic E-state index is -0.0140. The van der Waals surface area contributed by atoms with Crippen molar-refractivity contribution in [1.29, 1.82) is 0 Å². The van der Waals surface area contributed by atoms with Crippen molar-refractivity contribution in [2.24, 2.45) is 0 Å². The Balaban J connectivity index is 1.55. The molecule has 0 unspecified atom stereocenters. The molecule has 0 aliphatic heterocycles. The molecule has 0 fully saturated rings. The summed E-state index contributed by atoms with van der Waals surface area (Å²) in [7, 11) is 1.64. The van der Waals surface area contributed by atoms with Crippen LogP contribution in [0.3, 0.4) is 0 Å². The van der Waals surface area contributed by atoms with Crippen LogP contribution in [0.4, 0.5) is 0 Å². The summed E-state index contributed by atoms with van der Waals surface area (Å²) >= 11 is 1.41. The number of ether oxygens (including phenoxy) is 1. The fourth-order valence-corrected chi connectivity index (χ4v) is 3.23. The van der Waals surface area contributed by atoms with Gasteiger partial charge in [-0.3, -0.25) is 9.36 Å². The van der Waals surface area contributed by atoms with Gasteiger partial charge in [-0.2, -0.15) is 0 Å². The maximum atomic E-state index is 12.1. The first-order chi connectivity index (χ1) is 12.7. The number of methoxy groups -OCH3 is 1. The molecule has 1 amide bonds. The Kier molecular flexibility index (Phi) is 5.96. The van der Waals surface area contributed by atoms with Gasteiger partial charge in [0.05, 0.1) is 12.9 Å². The molecular weight excluding hydrogens is 346 g/mol. The van der Waals surface area contributed by atoms with Gasteiger partial charge in [-0.1, -0.05) is 41.6 Å². The SMILES string of the molecule is COc1ccc(-n2ccnc2SCC(=O)NCc2ccc(C)cc2)cc1. The summed E-state index contributed by atoms with van der Waals surface area (Å²) < 4.78 is 7.14. The molecule has 0 saturated heterocycles. The first kappa shape index (κ1) is 18.1. The van der Waals surface area contributed by atoms with Crippen LogP contribution < -0.4 is 10.1 Å². The highest BCUT2D eigenvalue weighted by atomic mass is 32.2. The van der Waals surface area contributed by atoms with E-state index in [1.165, 1.54) is 17.3 Å². The van der Waals surface area contributed by atoms with E-state index in [1.54, 1.807) is 13.3 Å². The maximum absolute atomic E-state index is 12.1. The number of aromatic nitrogens is 2. The van der Waals surface area contributed by atoms with E-state index < -0.39 is 0 Å². The summed E-state index contributed by atoms with van der Waals surface area (Å²) in [5.41, 5.74) is 3.28. The van der Waals surface area contributed by atoms with E-state index in [2.05, 4.69) is 10.3 Å². The Morgan fingerprint density at radius 1 is 1.15 bits per heavy atom. The quantitative estimate of drug-likeness (QED) is 0.648. The van der Waals surface area contributed by atoms with E-state index in [4.69, 9.17) is 4.74 Å². The van der Waals surface area contributed by atoms with Crippen LogP contribution in [0.15, 0.2) is 66.1 Å². The number of aryl methyl sites for hydroxylation is 1. The van der Waals surface area contributed by atoms with Crippen molar-refractivity contribution in [2.75, 3.05) is 12.9 Å². The third kappa shape index (κ3) is 4.67. The smallest absolute Gasteiger partial charge is 0.230 e. The molecule has 5 nitrogen and oxygen atoms in total. The molecule has 3 aromatic rings. The highest BCUT2D eigenvalue weighted by Gasteiger charge is 2.09. The summed E-state index contributed by atoms with van der Waals surface area (Å²) in [6, 6.07) is 15.9. The topological polar surface area (TPSA) is 56.2 Å². The number of amides is 1. The van der Waals surface area contributed by atoms with E-state index >= 15 is 0 Å². The van der Waals surface area contributed by atoms with Crippen molar-refractivity contribution in [3.8, 4) is 11.4 Å². The Morgan fingerprint density at radius 3 is 2.58 bits per heavy atom. The summed E-state index contributed by atoms with van der Waals surface area (Å²) in [4.78, 5) is 16.5. The van der Waals surface area contributed by atoms with Crippen molar-refractivity contribution in [2.45, 2.75) is 18.6 Å². The second kappa shape index (κ2) is 8.58. The molecule has 134 valence electrons. The molecule has 0 saturated carbocycles. The lowest BCUT2D eigenvalue weighted by Crippen LogP contribution is -2.24. The van der Waals surface area contributed by atoms with E-state index in [0.717, 1.165) is 22.2 Å². The van der Waals surface area contributed by atoms with Gasteiger partial charge in [-0.15, -0.1) is 0 Å². The number of nitrogens with zero attached hydrogens (tertiary/aromatic N) is 2. The van der Waals surface area contributed by atoms with Gasteiger partial charge in [0.1, 0.15) is 5.75 Å². The second-order valence-corrected chi connectivity index (χ2v) is 6.77. The minimum absolute atomic E-state index is 0.0140. The van der Waals surface area contributed by atoms with Gasteiger partial charge in [0.2, 0.25) is 5.91 Å². The van der Waals surface area contributed by atoms with Crippen LogP contribution in [0.1, 0.15) is 11.1 Å². The number of hydrogen-bond donors (Lipinski definition) is 1. The zero-order valence-corrected chi connectivity index (χ0v) is 15.6. The number of thioether (sulfide) groups is 1. The number of carbonyl (C=O) groups is 1. The van der Waals surface area contributed by atoms with Gasteiger partial charge < -0.3 is 10.1 Å². The summed E-state index contributed by atoms with van der Waals surface area (Å²) in [5.74, 6) is 1.11. The number of nitrogens with one attached hydrogen (secondary N) is 1. The molecule has 0 atom stereocenters. The number of carbonyl (C=O) groups excluding carboxylic acids is 1. The molecule has 0 aliphatic carbocycles. The minimum Gasteiger partial charge on any atom is -0.497 e. The average molecular weight is 367 g/mol. The van der Waals surface area contributed by atoms with E-state index in [0.29, 0.717) is 12.3 Å². The summed E-state index contributed by atoms with van der Waals surface area (Å²) in [6.45, 7) is 2.58. The molecule has 6 heteroatoms. The Bertz CT molecular complexity index is 858.